The highest BCUT2D eigenvalue weighted by molar-refractivity contribution is 7.13. The van der Waals surface area contributed by atoms with Crippen molar-refractivity contribution in [3.8, 4) is 5.82 Å². The topological polar surface area (TPSA) is 88.5 Å². The van der Waals surface area contributed by atoms with E-state index in [2.05, 4.69) is 29.9 Å². The minimum atomic E-state index is 0.523. The van der Waals surface area contributed by atoms with E-state index in [0.29, 0.717) is 12.5 Å². The molecule has 9 heteroatoms. The SMILES string of the molecule is NC(=NCc1ccnc(-n2cccn2)c1)N1CCN(c2nccs2)CC1. The summed E-state index contributed by atoms with van der Waals surface area (Å²) in [7, 11) is 0. The lowest BCUT2D eigenvalue weighted by atomic mass is 10.2. The molecule has 0 bridgehead atoms. The quantitative estimate of drug-likeness (QED) is 0.553. The Morgan fingerprint density at radius 2 is 2.04 bits per heavy atom. The normalized spacial score (nSPS) is 15.5. The zero-order valence-electron chi connectivity index (χ0n) is 14.3. The number of aromatic nitrogens is 4. The molecule has 0 saturated carbocycles. The molecule has 26 heavy (non-hydrogen) atoms. The number of hydrogen-bond donors (Lipinski definition) is 1. The van der Waals surface area contributed by atoms with Gasteiger partial charge in [0.1, 0.15) is 0 Å². The Hall–Kier alpha value is -2.94. The highest BCUT2D eigenvalue weighted by atomic mass is 32.1. The fourth-order valence-electron chi connectivity index (χ4n) is 2.86. The number of aliphatic imine (C=N–C) groups is 1. The number of guanidine groups is 1. The summed E-state index contributed by atoms with van der Waals surface area (Å²) >= 11 is 1.67. The van der Waals surface area contributed by atoms with Gasteiger partial charge in [-0.3, -0.25) is 0 Å². The monoisotopic (exact) mass is 368 g/mol. The number of rotatable bonds is 4. The molecule has 134 valence electrons. The number of pyridine rings is 1. The first-order valence-electron chi connectivity index (χ1n) is 8.44. The fraction of sp³-hybridized carbons (Fsp3) is 0.294. The van der Waals surface area contributed by atoms with E-state index in [0.717, 1.165) is 42.7 Å². The second kappa shape index (κ2) is 7.52. The molecule has 0 spiro atoms. The lowest BCUT2D eigenvalue weighted by molar-refractivity contribution is 0.380. The Bertz CT molecular complexity index is 851. The van der Waals surface area contributed by atoms with Crippen LogP contribution in [0.25, 0.3) is 5.82 Å². The van der Waals surface area contributed by atoms with Gasteiger partial charge in [0.15, 0.2) is 16.9 Å². The second-order valence-electron chi connectivity index (χ2n) is 5.94. The number of hydrogen-bond acceptors (Lipinski definition) is 6. The molecule has 0 aliphatic carbocycles. The molecule has 1 saturated heterocycles. The first kappa shape index (κ1) is 16.5. The number of piperazine rings is 1. The molecule has 3 aromatic heterocycles. The van der Waals surface area contributed by atoms with Gasteiger partial charge in [-0.25, -0.2) is 19.6 Å². The molecule has 4 rings (SSSR count). The maximum absolute atomic E-state index is 6.20. The van der Waals surface area contributed by atoms with Crippen LogP contribution in [0.4, 0.5) is 5.13 Å². The molecule has 0 unspecified atom stereocenters. The van der Waals surface area contributed by atoms with Crippen LogP contribution in [0.2, 0.25) is 0 Å². The van der Waals surface area contributed by atoms with Gasteiger partial charge in [0.2, 0.25) is 0 Å². The third kappa shape index (κ3) is 3.67. The van der Waals surface area contributed by atoms with Crippen LogP contribution in [0.15, 0.2) is 53.4 Å². The van der Waals surface area contributed by atoms with Gasteiger partial charge in [0.25, 0.3) is 0 Å². The predicted octanol–water partition coefficient (Wildman–Crippen LogP) is 1.36. The molecule has 0 amide bonds. The van der Waals surface area contributed by atoms with Crippen molar-refractivity contribution in [3.63, 3.8) is 0 Å². The Balaban J connectivity index is 1.36. The third-order valence-corrected chi connectivity index (χ3v) is 5.10. The van der Waals surface area contributed by atoms with Crippen molar-refractivity contribution in [2.75, 3.05) is 31.1 Å². The zero-order chi connectivity index (χ0) is 17.8. The first-order chi connectivity index (χ1) is 12.8. The molecule has 3 aromatic rings. The third-order valence-electron chi connectivity index (χ3n) is 4.27. The Labute approximate surface area is 155 Å². The second-order valence-corrected chi connectivity index (χ2v) is 6.81. The van der Waals surface area contributed by atoms with Gasteiger partial charge in [0, 0.05) is 56.3 Å². The van der Waals surface area contributed by atoms with E-state index in [1.54, 1.807) is 28.4 Å². The average molecular weight is 368 g/mol. The van der Waals surface area contributed by atoms with Gasteiger partial charge in [0.05, 0.1) is 6.54 Å². The Morgan fingerprint density at radius 1 is 1.15 bits per heavy atom. The zero-order valence-corrected chi connectivity index (χ0v) is 15.1. The number of nitrogens with zero attached hydrogens (tertiary/aromatic N) is 7. The Morgan fingerprint density at radius 3 is 2.77 bits per heavy atom. The van der Waals surface area contributed by atoms with Gasteiger partial charge in [-0.05, 0) is 23.8 Å². The van der Waals surface area contributed by atoms with Gasteiger partial charge in [-0.1, -0.05) is 0 Å². The summed E-state index contributed by atoms with van der Waals surface area (Å²) in [6, 6.07) is 5.80. The van der Waals surface area contributed by atoms with Crippen LogP contribution in [0.3, 0.4) is 0 Å². The van der Waals surface area contributed by atoms with Crippen molar-refractivity contribution in [3.05, 3.63) is 53.9 Å². The van der Waals surface area contributed by atoms with Crippen LogP contribution in [-0.4, -0.2) is 56.8 Å². The van der Waals surface area contributed by atoms with Crippen LogP contribution < -0.4 is 10.6 Å². The van der Waals surface area contributed by atoms with Crippen LogP contribution >= 0.6 is 11.3 Å². The molecule has 1 aliphatic rings. The average Bonchev–Trinajstić information content (AvgIpc) is 3.40. The minimum absolute atomic E-state index is 0.523. The lowest BCUT2D eigenvalue weighted by Crippen LogP contribution is -2.51. The molecular weight excluding hydrogens is 348 g/mol. The minimum Gasteiger partial charge on any atom is -0.370 e. The van der Waals surface area contributed by atoms with E-state index >= 15 is 0 Å². The van der Waals surface area contributed by atoms with Crippen molar-refractivity contribution in [1.82, 2.24) is 24.6 Å². The van der Waals surface area contributed by atoms with Crippen LogP contribution in [0, 0.1) is 0 Å². The van der Waals surface area contributed by atoms with E-state index in [4.69, 9.17) is 5.73 Å². The van der Waals surface area contributed by atoms with E-state index in [1.165, 1.54) is 0 Å². The first-order valence-corrected chi connectivity index (χ1v) is 9.32. The summed E-state index contributed by atoms with van der Waals surface area (Å²) in [4.78, 5) is 17.7. The molecule has 4 heterocycles. The van der Waals surface area contributed by atoms with Gasteiger partial charge >= 0.3 is 0 Å². The number of anilines is 1. The summed E-state index contributed by atoms with van der Waals surface area (Å²) in [6.07, 6.45) is 7.21. The van der Waals surface area contributed by atoms with Crippen LogP contribution in [0.1, 0.15) is 5.56 Å². The highest BCUT2D eigenvalue weighted by Crippen LogP contribution is 2.18. The summed E-state index contributed by atoms with van der Waals surface area (Å²) < 4.78 is 1.73. The highest BCUT2D eigenvalue weighted by Gasteiger charge is 2.19. The van der Waals surface area contributed by atoms with Gasteiger partial charge in [-0.15, -0.1) is 11.3 Å². The molecule has 0 radical (unpaired) electrons. The summed E-state index contributed by atoms with van der Waals surface area (Å²) in [5.74, 6) is 1.36. The van der Waals surface area contributed by atoms with Crippen molar-refractivity contribution in [1.29, 1.82) is 0 Å². The van der Waals surface area contributed by atoms with Crippen molar-refractivity contribution in [2.24, 2.45) is 10.7 Å². The van der Waals surface area contributed by atoms with E-state index in [-0.39, 0.29) is 0 Å². The standard InChI is InChI=1S/C17H20N8S/c18-16(23-7-9-24(10-8-23)17-20-5-11-26-17)21-13-14-2-4-19-15(12-14)25-6-1-3-22-25/h1-6,11-12H,7-10,13H2,(H2,18,21). The fourth-order valence-corrected chi connectivity index (χ4v) is 3.56. The van der Waals surface area contributed by atoms with Crippen molar-refractivity contribution in [2.45, 2.75) is 6.54 Å². The lowest BCUT2D eigenvalue weighted by Gasteiger charge is -2.35. The molecule has 1 aliphatic heterocycles. The maximum atomic E-state index is 6.20. The summed E-state index contributed by atoms with van der Waals surface area (Å²) in [5.41, 5.74) is 7.26. The molecule has 0 atom stereocenters. The Kier molecular flexibility index (Phi) is 4.78. The van der Waals surface area contributed by atoms with E-state index < -0.39 is 0 Å². The van der Waals surface area contributed by atoms with Crippen molar-refractivity contribution >= 4 is 22.4 Å². The van der Waals surface area contributed by atoms with Gasteiger partial charge < -0.3 is 15.5 Å². The largest absolute Gasteiger partial charge is 0.370 e. The molecule has 0 aromatic carbocycles. The molecule has 1 fully saturated rings. The maximum Gasteiger partial charge on any atom is 0.191 e. The van der Waals surface area contributed by atoms with Crippen LogP contribution in [0.5, 0.6) is 0 Å². The molecular formula is C17H20N8S. The van der Waals surface area contributed by atoms with Crippen LogP contribution in [-0.2, 0) is 6.54 Å². The number of nitrogens with two attached hydrogens (primary N) is 1. The van der Waals surface area contributed by atoms with E-state index in [1.807, 2.05) is 36.0 Å². The predicted molar refractivity (Wildman–Crippen MR) is 103 cm³/mol. The number of thiazole rings is 1. The van der Waals surface area contributed by atoms with E-state index in [9.17, 15) is 0 Å². The molecule has 2 N–H and O–H groups in total. The summed E-state index contributed by atoms with van der Waals surface area (Å²) in [6.45, 7) is 4.04. The van der Waals surface area contributed by atoms with Gasteiger partial charge in [-0.2, -0.15) is 5.10 Å². The van der Waals surface area contributed by atoms with Crippen molar-refractivity contribution < 1.29 is 0 Å². The summed E-state index contributed by atoms with van der Waals surface area (Å²) in [5, 5.41) is 7.28. The molecule has 8 nitrogen and oxygen atoms in total. The smallest absolute Gasteiger partial charge is 0.191 e.